The maximum absolute atomic E-state index is 9.75. The van der Waals surface area contributed by atoms with Crippen molar-refractivity contribution in [1.82, 2.24) is 0 Å². The molecule has 0 amide bonds. The van der Waals surface area contributed by atoms with E-state index in [9.17, 15) is 10.2 Å². The van der Waals surface area contributed by atoms with Crippen LogP contribution in [0.4, 0.5) is 0 Å². The van der Waals surface area contributed by atoms with Gasteiger partial charge in [0.05, 0.1) is 13.2 Å². The molecule has 0 aliphatic heterocycles. The van der Waals surface area contributed by atoms with Gasteiger partial charge in [-0.2, -0.15) is 0 Å². The fourth-order valence-corrected chi connectivity index (χ4v) is 2.50. The first-order valence-corrected chi connectivity index (χ1v) is 5.96. The van der Waals surface area contributed by atoms with Gasteiger partial charge in [-0.15, -0.1) is 0 Å². The number of hydrogen-bond donors (Lipinski definition) is 2. The van der Waals surface area contributed by atoms with Crippen LogP contribution < -0.4 is 0 Å². The van der Waals surface area contributed by atoms with Crippen LogP contribution in [-0.4, -0.2) is 23.4 Å². The predicted molar refractivity (Wildman–Crippen MR) is 64.7 cm³/mol. The second-order valence-corrected chi connectivity index (χ2v) is 5.87. The Morgan fingerprint density at radius 3 is 1.13 bits per heavy atom. The number of aliphatic hydroxyl groups excluding tert-OH is 2. The van der Waals surface area contributed by atoms with Gasteiger partial charge in [-0.1, -0.05) is 54.4 Å². The molecule has 0 saturated carbocycles. The van der Waals surface area contributed by atoms with E-state index >= 15 is 0 Å². The fourth-order valence-electron chi connectivity index (χ4n) is 2.50. The van der Waals surface area contributed by atoms with Gasteiger partial charge in [0, 0.05) is 5.41 Å². The Labute approximate surface area is 94.7 Å². The van der Waals surface area contributed by atoms with Gasteiger partial charge in [0.1, 0.15) is 0 Å². The summed E-state index contributed by atoms with van der Waals surface area (Å²) in [7, 11) is 0. The van der Waals surface area contributed by atoms with Gasteiger partial charge >= 0.3 is 0 Å². The molecule has 92 valence electrons. The van der Waals surface area contributed by atoms with Crippen molar-refractivity contribution >= 4 is 0 Å². The Morgan fingerprint density at radius 2 is 1.00 bits per heavy atom. The summed E-state index contributed by atoms with van der Waals surface area (Å²) in [5, 5.41) is 19.5. The first-order chi connectivity index (χ1) is 6.74. The highest BCUT2D eigenvalue weighted by Gasteiger charge is 2.52. The van der Waals surface area contributed by atoms with Crippen molar-refractivity contribution in [1.29, 1.82) is 0 Å². The molecule has 0 bridgehead atoms. The molecular weight excluding hydrogens is 188 g/mol. The molecule has 0 aromatic rings. The molecular formula is C13H28O2. The minimum Gasteiger partial charge on any atom is -0.396 e. The first kappa shape index (κ1) is 14.9. The second kappa shape index (κ2) is 4.84. The van der Waals surface area contributed by atoms with Crippen molar-refractivity contribution in [3.8, 4) is 0 Å². The molecule has 0 fully saturated rings. The van der Waals surface area contributed by atoms with Crippen LogP contribution in [0.2, 0.25) is 0 Å². The van der Waals surface area contributed by atoms with Crippen LogP contribution in [0.25, 0.3) is 0 Å². The van der Waals surface area contributed by atoms with Crippen molar-refractivity contribution in [2.75, 3.05) is 13.2 Å². The third kappa shape index (κ3) is 2.21. The summed E-state index contributed by atoms with van der Waals surface area (Å²) in [5.41, 5.74) is -0.532. The van der Waals surface area contributed by atoms with E-state index in [1.54, 1.807) is 0 Å². The van der Waals surface area contributed by atoms with E-state index in [4.69, 9.17) is 0 Å². The smallest absolute Gasteiger partial charge is 0.0519 e. The minimum atomic E-state index is -0.413. The Morgan fingerprint density at radius 1 is 0.733 bits per heavy atom. The van der Waals surface area contributed by atoms with Gasteiger partial charge in [-0.25, -0.2) is 0 Å². The highest BCUT2D eigenvalue weighted by molar-refractivity contribution is 5.00. The second-order valence-electron chi connectivity index (χ2n) is 5.87. The molecule has 0 spiro atoms. The zero-order chi connectivity index (χ0) is 12.3. The van der Waals surface area contributed by atoms with Crippen molar-refractivity contribution in [3.63, 3.8) is 0 Å². The summed E-state index contributed by atoms with van der Waals surface area (Å²) in [6.45, 7) is 12.9. The van der Waals surface area contributed by atoms with Gasteiger partial charge < -0.3 is 10.2 Å². The lowest BCUT2D eigenvalue weighted by Gasteiger charge is -2.54. The Balaban J connectivity index is 5.41. The van der Waals surface area contributed by atoms with E-state index in [-0.39, 0.29) is 24.0 Å². The summed E-state index contributed by atoms with van der Waals surface area (Å²) < 4.78 is 0. The molecule has 0 aromatic heterocycles. The normalized spacial score (nSPS) is 14.4. The zero-order valence-electron chi connectivity index (χ0n) is 11.2. The summed E-state index contributed by atoms with van der Waals surface area (Å²) in [6.07, 6.45) is 1.91. The lowest BCUT2D eigenvalue weighted by Crippen LogP contribution is -2.53. The van der Waals surface area contributed by atoms with Gasteiger partial charge in [-0.3, -0.25) is 0 Å². The standard InChI is InChI=1S/C13H28O2/c1-7-11(3,4)13(9-14,10-15)12(5,6)8-2/h14-15H,7-10H2,1-6H3. The van der Waals surface area contributed by atoms with Gasteiger partial charge in [0.15, 0.2) is 0 Å². The molecule has 2 nitrogen and oxygen atoms in total. The quantitative estimate of drug-likeness (QED) is 0.717. The summed E-state index contributed by atoms with van der Waals surface area (Å²) in [4.78, 5) is 0. The molecule has 2 heteroatoms. The predicted octanol–water partition coefficient (Wildman–Crippen LogP) is 2.83. The molecule has 2 N–H and O–H groups in total. The molecule has 0 saturated heterocycles. The van der Waals surface area contributed by atoms with Crippen LogP contribution in [0.3, 0.4) is 0 Å². The maximum Gasteiger partial charge on any atom is 0.0519 e. The molecule has 15 heavy (non-hydrogen) atoms. The molecule has 0 radical (unpaired) electrons. The van der Waals surface area contributed by atoms with E-state index in [1.165, 1.54) is 0 Å². The lowest BCUT2D eigenvalue weighted by atomic mass is 9.52. The van der Waals surface area contributed by atoms with Crippen LogP contribution in [0.5, 0.6) is 0 Å². The average Bonchev–Trinajstić information content (AvgIpc) is 2.19. The van der Waals surface area contributed by atoms with Gasteiger partial charge in [0.2, 0.25) is 0 Å². The highest BCUT2D eigenvalue weighted by atomic mass is 16.3. The van der Waals surface area contributed by atoms with Gasteiger partial charge in [-0.05, 0) is 10.8 Å². The van der Waals surface area contributed by atoms with Crippen LogP contribution in [0.1, 0.15) is 54.4 Å². The van der Waals surface area contributed by atoms with E-state index in [2.05, 4.69) is 41.5 Å². The molecule has 0 atom stereocenters. The van der Waals surface area contributed by atoms with E-state index in [0.717, 1.165) is 12.8 Å². The topological polar surface area (TPSA) is 40.5 Å². The van der Waals surface area contributed by atoms with Crippen molar-refractivity contribution in [2.45, 2.75) is 54.4 Å². The summed E-state index contributed by atoms with van der Waals surface area (Å²) in [6, 6.07) is 0. The molecule has 0 aromatic carbocycles. The number of rotatable bonds is 6. The monoisotopic (exact) mass is 216 g/mol. The lowest BCUT2D eigenvalue weighted by molar-refractivity contribution is -0.128. The first-order valence-electron chi connectivity index (χ1n) is 5.96. The molecule has 0 aliphatic carbocycles. The van der Waals surface area contributed by atoms with Gasteiger partial charge in [0.25, 0.3) is 0 Å². The molecule has 0 rings (SSSR count). The Hall–Kier alpha value is -0.0800. The molecule has 0 heterocycles. The molecule has 0 unspecified atom stereocenters. The summed E-state index contributed by atoms with van der Waals surface area (Å²) in [5.74, 6) is 0. The largest absolute Gasteiger partial charge is 0.396 e. The zero-order valence-corrected chi connectivity index (χ0v) is 11.2. The Bertz CT molecular complexity index is 173. The van der Waals surface area contributed by atoms with Crippen molar-refractivity contribution < 1.29 is 10.2 Å². The van der Waals surface area contributed by atoms with E-state index in [0.29, 0.717) is 0 Å². The van der Waals surface area contributed by atoms with Crippen LogP contribution in [0, 0.1) is 16.2 Å². The summed E-state index contributed by atoms with van der Waals surface area (Å²) >= 11 is 0. The van der Waals surface area contributed by atoms with Crippen molar-refractivity contribution in [3.05, 3.63) is 0 Å². The van der Waals surface area contributed by atoms with Crippen LogP contribution in [-0.2, 0) is 0 Å². The average molecular weight is 216 g/mol. The highest BCUT2D eigenvalue weighted by Crippen LogP contribution is 2.54. The Kier molecular flexibility index (Phi) is 4.81. The van der Waals surface area contributed by atoms with E-state index in [1.807, 2.05) is 0 Å². The SMILES string of the molecule is CCC(C)(C)C(CO)(CO)C(C)(C)CC. The maximum atomic E-state index is 9.75. The van der Waals surface area contributed by atoms with Crippen molar-refractivity contribution in [2.24, 2.45) is 16.2 Å². The van der Waals surface area contributed by atoms with E-state index < -0.39 is 5.41 Å². The third-order valence-electron chi connectivity index (χ3n) is 4.90. The fraction of sp³-hybridized carbons (Fsp3) is 1.00. The van der Waals surface area contributed by atoms with Crippen LogP contribution >= 0.6 is 0 Å². The minimum absolute atomic E-state index is 0.0468. The molecule has 0 aliphatic rings. The number of aliphatic hydroxyl groups is 2. The third-order valence-corrected chi connectivity index (χ3v) is 4.90. The van der Waals surface area contributed by atoms with Crippen LogP contribution in [0.15, 0.2) is 0 Å². The number of hydrogen-bond acceptors (Lipinski definition) is 2.